The van der Waals surface area contributed by atoms with E-state index in [0.29, 0.717) is 11.1 Å². The van der Waals surface area contributed by atoms with Crippen LogP contribution in [0.1, 0.15) is 10.4 Å². The number of aromatic nitrogens is 2. The maximum Gasteiger partial charge on any atom is 0.437 e. The van der Waals surface area contributed by atoms with E-state index in [1.807, 2.05) is 36.4 Å². The number of Topliss-reactive ketones (excluding diaryl/α,β-unsaturated/α-hetero) is 1. The second-order valence-electron chi connectivity index (χ2n) is 6.34. The number of fused-ring (bicyclic) bond motifs is 1. The van der Waals surface area contributed by atoms with Gasteiger partial charge in [-0.05, 0) is 29.0 Å². The first-order chi connectivity index (χ1) is 14.1. The number of rotatable bonds is 6. The summed E-state index contributed by atoms with van der Waals surface area (Å²) >= 11 is 0. The Labute approximate surface area is 165 Å². The van der Waals surface area contributed by atoms with Gasteiger partial charge in [0.2, 0.25) is 5.89 Å². The highest BCUT2D eigenvalue weighted by atomic mass is 16.5. The van der Waals surface area contributed by atoms with Crippen LogP contribution in [0.15, 0.2) is 82.0 Å². The minimum atomic E-state index is -0.776. The molecule has 4 rings (SSSR count). The molecule has 0 aliphatic carbocycles. The van der Waals surface area contributed by atoms with Crippen molar-refractivity contribution >= 4 is 22.5 Å². The lowest BCUT2D eigenvalue weighted by Crippen LogP contribution is -2.24. The number of hydrogen-bond donors (Lipinski definition) is 0. The van der Waals surface area contributed by atoms with E-state index in [-0.39, 0.29) is 11.7 Å². The summed E-state index contributed by atoms with van der Waals surface area (Å²) in [6.45, 7) is -0.866. The van der Waals surface area contributed by atoms with Crippen LogP contribution < -0.4 is 5.76 Å². The third-order valence-electron chi connectivity index (χ3n) is 4.34. The minimum Gasteiger partial charge on any atom is -0.456 e. The van der Waals surface area contributed by atoms with Gasteiger partial charge in [-0.2, -0.15) is 4.68 Å². The van der Waals surface area contributed by atoms with Crippen LogP contribution in [0.5, 0.6) is 0 Å². The molecule has 3 aromatic carbocycles. The average Bonchev–Trinajstić information content (AvgIpc) is 3.12. The third kappa shape index (κ3) is 4.14. The number of nitrogens with zero attached hydrogens (tertiary/aromatic N) is 2. The number of hydrogen-bond acceptors (Lipinski definition) is 6. The van der Waals surface area contributed by atoms with Gasteiger partial charge in [0.25, 0.3) is 0 Å². The highest BCUT2D eigenvalue weighted by molar-refractivity contribution is 6.01. The van der Waals surface area contributed by atoms with Gasteiger partial charge in [-0.3, -0.25) is 9.59 Å². The zero-order valence-electron chi connectivity index (χ0n) is 15.3. The van der Waals surface area contributed by atoms with Crippen LogP contribution >= 0.6 is 0 Å². The third-order valence-corrected chi connectivity index (χ3v) is 4.34. The molecule has 0 bridgehead atoms. The second-order valence-corrected chi connectivity index (χ2v) is 6.34. The van der Waals surface area contributed by atoms with Gasteiger partial charge < -0.3 is 9.15 Å². The molecule has 0 saturated carbocycles. The molecule has 0 spiro atoms. The first kappa shape index (κ1) is 18.4. The summed E-state index contributed by atoms with van der Waals surface area (Å²) in [5, 5.41) is 5.93. The topological polar surface area (TPSA) is 91.4 Å². The van der Waals surface area contributed by atoms with Gasteiger partial charge in [0, 0.05) is 11.1 Å². The number of carbonyl (C=O) groups is 2. The summed E-state index contributed by atoms with van der Waals surface area (Å²) in [5.41, 5.74) is 1.06. The molecule has 29 heavy (non-hydrogen) atoms. The Morgan fingerprint density at radius 3 is 2.45 bits per heavy atom. The van der Waals surface area contributed by atoms with Gasteiger partial charge in [0.1, 0.15) is 6.54 Å². The fraction of sp³-hybridized carbons (Fsp3) is 0.0909. The zero-order valence-corrected chi connectivity index (χ0v) is 15.3. The summed E-state index contributed by atoms with van der Waals surface area (Å²) in [6, 6.07) is 21.8. The van der Waals surface area contributed by atoms with Crippen LogP contribution in [-0.2, 0) is 16.1 Å². The monoisotopic (exact) mass is 388 g/mol. The van der Waals surface area contributed by atoms with Gasteiger partial charge >= 0.3 is 11.7 Å². The number of ether oxygens (including phenoxy) is 1. The van der Waals surface area contributed by atoms with Crippen LogP contribution in [-0.4, -0.2) is 28.1 Å². The SMILES string of the molecule is O=C(Cn1nc(-c2ccccc2)oc1=O)OCC(=O)c1ccc2ccccc2c1. The van der Waals surface area contributed by atoms with Gasteiger partial charge in [0.15, 0.2) is 12.4 Å². The Kier molecular flexibility index (Phi) is 5.03. The second kappa shape index (κ2) is 7.93. The molecule has 0 N–H and O–H groups in total. The molecule has 0 radical (unpaired) electrons. The predicted octanol–water partition coefficient (Wildman–Crippen LogP) is 3.08. The molecule has 7 heteroatoms. The molecular formula is C22H16N2O5. The van der Waals surface area contributed by atoms with E-state index >= 15 is 0 Å². The van der Waals surface area contributed by atoms with Gasteiger partial charge in [0.05, 0.1) is 0 Å². The summed E-state index contributed by atoms with van der Waals surface area (Å²) in [6.07, 6.45) is 0. The van der Waals surface area contributed by atoms with Gasteiger partial charge in [-0.1, -0.05) is 54.6 Å². The summed E-state index contributed by atoms with van der Waals surface area (Å²) in [5.74, 6) is -1.76. The Morgan fingerprint density at radius 2 is 1.66 bits per heavy atom. The molecule has 7 nitrogen and oxygen atoms in total. The lowest BCUT2D eigenvalue weighted by molar-refractivity contribution is -0.143. The number of benzene rings is 3. The molecule has 0 aliphatic rings. The molecule has 4 aromatic rings. The van der Waals surface area contributed by atoms with Crippen molar-refractivity contribution in [2.45, 2.75) is 6.54 Å². The van der Waals surface area contributed by atoms with Crippen LogP contribution in [0, 0.1) is 0 Å². The smallest absolute Gasteiger partial charge is 0.437 e. The van der Waals surface area contributed by atoms with Crippen molar-refractivity contribution in [2.75, 3.05) is 6.61 Å². The Hall–Kier alpha value is -4.00. The summed E-state index contributed by atoms with van der Waals surface area (Å²) in [4.78, 5) is 36.3. The molecule has 0 aliphatic heterocycles. The quantitative estimate of drug-likeness (QED) is 0.372. The normalized spacial score (nSPS) is 10.8. The first-order valence-corrected chi connectivity index (χ1v) is 8.91. The standard InChI is InChI=1S/C22H16N2O5/c25-19(18-11-10-15-6-4-5-9-17(15)12-18)14-28-20(26)13-24-22(27)29-21(23-24)16-7-2-1-3-8-16/h1-12H,13-14H2. The molecule has 144 valence electrons. The molecule has 0 fully saturated rings. The van der Waals surface area contributed by atoms with Gasteiger partial charge in [-0.15, -0.1) is 5.10 Å². The van der Waals surface area contributed by atoms with Crippen molar-refractivity contribution in [2.24, 2.45) is 0 Å². The summed E-state index contributed by atoms with van der Waals surface area (Å²) in [7, 11) is 0. The van der Waals surface area contributed by atoms with Crippen molar-refractivity contribution in [3.8, 4) is 11.5 Å². The van der Waals surface area contributed by atoms with E-state index in [4.69, 9.17) is 9.15 Å². The Morgan fingerprint density at radius 1 is 0.931 bits per heavy atom. The van der Waals surface area contributed by atoms with Crippen molar-refractivity contribution < 1.29 is 18.7 Å². The molecule has 0 unspecified atom stereocenters. The Balaban J connectivity index is 1.39. The first-order valence-electron chi connectivity index (χ1n) is 8.91. The maximum absolute atomic E-state index is 12.3. The van der Waals surface area contributed by atoms with E-state index in [1.54, 1.807) is 36.4 Å². The predicted molar refractivity (Wildman–Crippen MR) is 105 cm³/mol. The van der Waals surface area contributed by atoms with Crippen LogP contribution in [0.3, 0.4) is 0 Å². The number of ketones is 1. The van der Waals surface area contributed by atoms with Crippen molar-refractivity contribution in [1.82, 2.24) is 9.78 Å². The number of esters is 1. The lowest BCUT2D eigenvalue weighted by Gasteiger charge is -2.05. The van der Waals surface area contributed by atoms with Crippen LogP contribution in [0.2, 0.25) is 0 Å². The molecule has 1 heterocycles. The van der Waals surface area contributed by atoms with Crippen molar-refractivity contribution in [3.63, 3.8) is 0 Å². The van der Waals surface area contributed by atoms with E-state index in [2.05, 4.69) is 5.10 Å². The largest absolute Gasteiger partial charge is 0.456 e. The van der Waals surface area contributed by atoms with E-state index in [9.17, 15) is 14.4 Å². The molecule has 0 atom stereocenters. The fourth-order valence-electron chi connectivity index (χ4n) is 2.86. The average molecular weight is 388 g/mol. The van der Waals surface area contributed by atoms with Gasteiger partial charge in [-0.25, -0.2) is 4.79 Å². The van der Waals surface area contributed by atoms with E-state index < -0.39 is 24.9 Å². The summed E-state index contributed by atoms with van der Waals surface area (Å²) < 4.78 is 10.9. The van der Waals surface area contributed by atoms with Crippen LogP contribution in [0.4, 0.5) is 0 Å². The highest BCUT2D eigenvalue weighted by Gasteiger charge is 2.15. The van der Waals surface area contributed by atoms with Crippen LogP contribution in [0.25, 0.3) is 22.2 Å². The molecule has 0 amide bonds. The number of carbonyl (C=O) groups excluding carboxylic acids is 2. The van der Waals surface area contributed by atoms with Crippen molar-refractivity contribution in [3.05, 3.63) is 88.9 Å². The fourth-order valence-corrected chi connectivity index (χ4v) is 2.86. The highest BCUT2D eigenvalue weighted by Crippen LogP contribution is 2.16. The zero-order chi connectivity index (χ0) is 20.2. The molecule has 1 aromatic heterocycles. The maximum atomic E-state index is 12.3. The molecule has 0 saturated heterocycles. The minimum absolute atomic E-state index is 0.107. The molecular weight excluding hydrogens is 372 g/mol. The van der Waals surface area contributed by atoms with Crippen molar-refractivity contribution in [1.29, 1.82) is 0 Å². The Bertz CT molecular complexity index is 1240. The van der Waals surface area contributed by atoms with E-state index in [1.165, 1.54) is 0 Å². The van der Waals surface area contributed by atoms with E-state index in [0.717, 1.165) is 15.5 Å². The lowest BCUT2D eigenvalue weighted by atomic mass is 10.0.